The minimum atomic E-state index is -3.54. The molecule has 190 valence electrons. The highest BCUT2D eigenvalue weighted by Gasteiger charge is 2.26. The fourth-order valence-corrected chi connectivity index (χ4v) is 6.23. The van der Waals surface area contributed by atoms with Crippen LogP contribution in [-0.4, -0.2) is 77.0 Å². The molecule has 8 nitrogen and oxygen atoms in total. The number of methoxy groups -OCH3 is 1. The average Bonchev–Trinajstić information content (AvgIpc) is 2.89. The minimum Gasteiger partial charge on any atom is -0.496 e. The zero-order chi connectivity index (χ0) is 24.8. The summed E-state index contributed by atoms with van der Waals surface area (Å²) >= 11 is 0. The summed E-state index contributed by atoms with van der Waals surface area (Å²) in [4.78, 5) is 17.6. The van der Waals surface area contributed by atoms with E-state index in [-0.39, 0.29) is 17.2 Å². The topological polar surface area (TPSA) is 82.2 Å². The molecule has 2 saturated heterocycles. The SMILES string of the molecule is COc1ccc(S(=O)(=O)N2CCCCC2)cc1CCC(=O)Nc1ccc(N2CCN(C)CC2)cc1. The molecule has 2 aliphatic heterocycles. The molecule has 0 unspecified atom stereocenters. The van der Waals surface area contributed by atoms with Crippen LogP contribution in [-0.2, 0) is 21.2 Å². The maximum Gasteiger partial charge on any atom is 0.243 e. The van der Waals surface area contributed by atoms with Crippen molar-refractivity contribution in [2.45, 2.75) is 37.0 Å². The summed E-state index contributed by atoms with van der Waals surface area (Å²) < 4.78 is 33.1. The monoisotopic (exact) mass is 500 g/mol. The first-order chi connectivity index (χ1) is 16.9. The number of hydrogen-bond donors (Lipinski definition) is 1. The second-order valence-corrected chi connectivity index (χ2v) is 11.3. The molecule has 0 atom stereocenters. The van der Waals surface area contributed by atoms with E-state index in [0.29, 0.717) is 30.8 Å². The standard InChI is InChI=1S/C26H36N4O4S/c1-28-16-18-29(19-17-28)23-9-7-22(8-10-23)27-26(31)13-6-21-20-24(11-12-25(21)34-2)35(32,33)30-14-4-3-5-15-30/h7-12,20H,3-6,13-19H2,1-2H3,(H,27,31). The van der Waals surface area contributed by atoms with Gasteiger partial charge in [-0.05, 0) is 74.3 Å². The number of rotatable bonds is 8. The second kappa shape index (κ2) is 11.4. The highest BCUT2D eigenvalue weighted by Crippen LogP contribution is 2.27. The van der Waals surface area contributed by atoms with Crippen LogP contribution in [0.2, 0.25) is 0 Å². The predicted octanol–water partition coefficient (Wildman–Crippen LogP) is 3.19. The van der Waals surface area contributed by atoms with E-state index in [2.05, 4.69) is 22.2 Å². The van der Waals surface area contributed by atoms with Crippen molar-refractivity contribution in [2.24, 2.45) is 0 Å². The molecule has 0 bridgehead atoms. The summed E-state index contributed by atoms with van der Waals surface area (Å²) in [5.41, 5.74) is 2.62. The summed E-state index contributed by atoms with van der Waals surface area (Å²) in [6.45, 7) is 5.19. The van der Waals surface area contributed by atoms with Crippen LogP contribution in [0.4, 0.5) is 11.4 Å². The Bertz CT molecular complexity index is 1110. The first-order valence-electron chi connectivity index (χ1n) is 12.4. The van der Waals surface area contributed by atoms with E-state index in [1.165, 1.54) is 0 Å². The van der Waals surface area contributed by atoms with E-state index in [4.69, 9.17) is 4.74 Å². The zero-order valence-electron chi connectivity index (χ0n) is 20.7. The van der Waals surface area contributed by atoms with Gasteiger partial charge in [0, 0.05) is 57.1 Å². The molecule has 1 amide bonds. The van der Waals surface area contributed by atoms with Gasteiger partial charge in [0.1, 0.15) is 5.75 Å². The molecule has 0 radical (unpaired) electrons. The van der Waals surface area contributed by atoms with Crippen molar-refractivity contribution in [3.63, 3.8) is 0 Å². The minimum absolute atomic E-state index is 0.122. The number of nitrogens with zero attached hydrogens (tertiary/aromatic N) is 3. The van der Waals surface area contributed by atoms with Gasteiger partial charge in [-0.15, -0.1) is 0 Å². The number of carbonyl (C=O) groups excluding carboxylic acids is 1. The predicted molar refractivity (Wildman–Crippen MR) is 139 cm³/mol. The summed E-state index contributed by atoms with van der Waals surface area (Å²) in [7, 11) is 0.147. The number of piperidine rings is 1. The molecule has 2 aromatic rings. The Morgan fingerprint density at radius 1 is 0.943 bits per heavy atom. The van der Waals surface area contributed by atoms with Crippen molar-refractivity contribution in [2.75, 3.05) is 63.6 Å². The fourth-order valence-electron chi connectivity index (χ4n) is 4.66. The Hall–Kier alpha value is -2.62. The van der Waals surface area contributed by atoms with Crippen molar-refractivity contribution in [3.05, 3.63) is 48.0 Å². The number of aryl methyl sites for hydroxylation is 1. The molecule has 1 N–H and O–H groups in total. The van der Waals surface area contributed by atoms with Gasteiger partial charge in [0.25, 0.3) is 0 Å². The summed E-state index contributed by atoms with van der Waals surface area (Å²) in [6, 6.07) is 12.9. The molecule has 0 aromatic heterocycles. The van der Waals surface area contributed by atoms with Crippen molar-refractivity contribution in [1.82, 2.24) is 9.21 Å². The summed E-state index contributed by atoms with van der Waals surface area (Å²) in [6.07, 6.45) is 3.45. The molecule has 2 fully saturated rings. The number of sulfonamides is 1. The number of hydrogen-bond acceptors (Lipinski definition) is 6. The average molecular weight is 501 g/mol. The molecule has 0 aliphatic carbocycles. The van der Waals surface area contributed by atoms with Crippen LogP contribution in [0.1, 0.15) is 31.2 Å². The maximum absolute atomic E-state index is 13.1. The lowest BCUT2D eigenvalue weighted by Crippen LogP contribution is -2.44. The molecule has 9 heteroatoms. The van der Waals surface area contributed by atoms with Gasteiger partial charge in [-0.1, -0.05) is 6.42 Å². The number of benzene rings is 2. The molecule has 0 saturated carbocycles. The van der Waals surface area contributed by atoms with Gasteiger partial charge in [0.15, 0.2) is 0 Å². The molecular formula is C26H36N4O4S. The molecular weight excluding hydrogens is 464 g/mol. The number of carbonyl (C=O) groups is 1. The number of ether oxygens (including phenoxy) is 1. The smallest absolute Gasteiger partial charge is 0.243 e. The van der Waals surface area contributed by atoms with Crippen LogP contribution in [0.3, 0.4) is 0 Å². The number of nitrogens with one attached hydrogen (secondary N) is 1. The third kappa shape index (κ3) is 6.34. The lowest BCUT2D eigenvalue weighted by molar-refractivity contribution is -0.116. The molecule has 0 spiro atoms. The van der Waals surface area contributed by atoms with Crippen LogP contribution >= 0.6 is 0 Å². The normalized spacial score (nSPS) is 17.8. The Morgan fingerprint density at radius 2 is 1.63 bits per heavy atom. The van der Waals surface area contributed by atoms with Gasteiger partial charge in [0.05, 0.1) is 12.0 Å². The van der Waals surface area contributed by atoms with Gasteiger partial charge < -0.3 is 19.9 Å². The third-order valence-corrected chi connectivity index (χ3v) is 8.74. The van der Waals surface area contributed by atoms with E-state index in [1.54, 1.807) is 29.6 Å². The molecule has 2 heterocycles. The van der Waals surface area contributed by atoms with Crippen LogP contribution in [0.5, 0.6) is 5.75 Å². The van der Waals surface area contributed by atoms with Gasteiger partial charge in [-0.3, -0.25) is 4.79 Å². The van der Waals surface area contributed by atoms with Gasteiger partial charge >= 0.3 is 0 Å². The highest BCUT2D eigenvalue weighted by atomic mass is 32.2. The number of anilines is 2. The van der Waals surface area contributed by atoms with E-state index in [0.717, 1.165) is 56.8 Å². The van der Waals surface area contributed by atoms with E-state index in [1.807, 2.05) is 24.3 Å². The number of amides is 1. The van der Waals surface area contributed by atoms with Crippen molar-refractivity contribution in [3.8, 4) is 5.75 Å². The van der Waals surface area contributed by atoms with Gasteiger partial charge in [0.2, 0.25) is 15.9 Å². The Morgan fingerprint density at radius 3 is 2.29 bits per heavy atom. The Kier molecular flexibility index (Phi) is 8.30. The van der Waals surface area contributed by atoms with Crippen molar-refractivity contribution in [1.29, 1.82) is 0 Å². The number of likely N-dealkylation sites (N-methyl/N-ethyl adjacent to an activating group) is 1. The van der Waals surface area contributed by atoms with E-state index in [9.17, 15) is 13.2 Å². The second-order valence-electron chi connectivity index (χ2n) is 9.32. The highest BCUT2D eigenvalue weighted by molar-refractivity contribution is 7.89. The lowest BCUT2D eigenvalue weighted by atomic mass is 10.1. The summed E-state index contributed by atoms with van der Waals surface area (Å²) in [5, 5.41) is 2.95. The molecule has 2 aromatic carbocycles. The zero-order valence-corrected chi connectivity index (χ0v) is 21.5. The van der Waals surface area contributed by atoms with Gasteiger partial charge in [-0.2, -0.15) is 4.31 Å². The van der Waals surface area contributed by atoms with Crippen molar-refractivity contribution < 1.29 is 17.9 Å². The third-order valence-electron chi connectivity index (χ3n) is 6.85. The van der Waals surface area contributed by atoms with Gasteiger partial charge in [-0.25, -0.2) is 8.42 Å². The molecule has 4 rings (SSSR count). The quantitative estimate of drug-likeness (QED) is 0.600. The maximum atomic E-state index is 13.1. The first-order valence-corrected chi connectivity index (χ1v) is 13.8. The lowest BCUT2D eigenvalue weighted by Gasteiger charge is -2.34. The Labute approximate surface area is 208 Å². The molecule has 35 heavy (non-hydrogen) atoms. The molecule has 2 aliphatic rings. The fraction of sp³-hybridized carbons (Fsp3) is 0.500. The van der Waals surface area contributed by atoms with Crippen LogP contribution in [0, 0.1) is 0 Å². The summed E-state index contributed by atoms with van der Waals surface area (Å²) in [5.74, 6) is 0.468. The first kappa shape index (κ1) is 25.5. The van der Waals surface area contributed by atoms with Crippen LogP contribution in [0.15, 0.2) is 47.4 Å². The largest absolute Gasteiger partial charge is 0.496 e. The van der Waals surface area contributed by atoms with E-state index < -0.39 is 10.0 Å². The van der Waals surface area contributed by atoms with Crippen LogP contribution in [0.25, 0.3) is 0 Å². The Balaban J connectivity index is 1.37. The van der Waals surface area contributed by atoms with E-state index >= 15 is 0 Å². The van der Waals surface area contributed by atoms with Crippen LogP contribution < -0.4 is 15.0 Å². The number of piperazine rings is 1. The van der Waals surface area contributed by atoms with Crippen molar-refractivity contribution >= 4 is 27.3 Å².